The van der Waals surface area contributed by atoms with E-state index in [1.807, 2.05) is 18.2 Å². The third-order valence-electron chi connectivity index (χ3n) is 4.99. The molecule has 2 heterocycles. The van der Waals surface area contributed by atoms with Crippen molar-refractivity contribution in [3.05, 3.63) is 41.2 Å². The summed E-state index contributed by atoms with van der Waals surface area (Å²) >= 11 is 1.16. The van der Waals surface area contributed by atoms with E-state index in [4.69, 9.17) is 9.47 Å². The second kappa shape index (κ2) is 8.31. The molecule has 0 saturated carbocycles. The van der Waals surface area contributed by atoms with Crippen LogP contribution in [0.4, 0.5) is 0 Å². The molecule has 30 heavy (non-hydrogen) atoms. The molecular weight excluding hydrogens is 408 g/mol. The van der Waals surface area contributed by atoms with E-state index < -0.39 is 0 Å². The Labute approximate surface area is 176 Å². The molecule has 9 nitrogen and oxygen atoms in total. The minimum Gasteiger partial charge on any atom is -0.493 e. The maximum absolute atomic E-state index is 12.8. The highest BCUT2D eigenvalue weighted by molar-refractivity contribution is 7.99. The summed E-state index contributed by atoms with van der Waals surface area (Å²) in [7, 11) is 4.50. The van der Waals surface area contributed by atoms with Crippen molar-refractivity contribution in [1.82, 2.24) is 19.6 Å². The number of methoxy groups -OCH3 is 3. The van der Waals surface area contributed by atoms with Crippen LogP contribution in [0.5, 0.6) is 11.5 Å². The lowest BCUT2D eigenvalue weighted by molar-refractivity contribution is -0.137. The zero-order valence-corrected chi connectivity index (χ0v) is 17.6. The number of benzene rings is 1. The highest BCUT2D eigenvalue weighted by Crippen LogP contribution is 2.36. The number of ketones is 1. The van der Waals surface area contributed by atoms with Gasteiger partial charge < -0.3 is 14.2 Å². The molecule has 0 amide bonds. The zero-order valence-electron chi connectivity index (χ0n) is 16.7. The smallest absolute Gasteiger partial charge is 0.316 e. The highest BCUT2D eigenvalue weighted by atomic mass is 32.2. The number of aromatic nitrogens is 4. The molecular formula is C20H20N4O5S. The topological polar surface area (TPSA) is 105 Å². The fraction of sp³-hybridized carbons (Fsp3) is 0.350. The van der Waals surface area contributed by atoms with Crippen molar-refractivity contribution < 1.29 is 23.8 Å². The predicted octanol–water partition coefficient (Wildman–Crippen LogP) is 2.32. The fourth-order valence-corrected chi connectivity index (χ4v) is 4.11. The van der Waals surface area contributed by atoms with E-state index in [9.17, 15) is 9.59 Å². The second-order valence-corrected chi connectivity index (χ2v) is 7.69. The first kappa shape index (κ1) is 20.1. The summed E-state index contributed by atoms with van der Waals surface area (Å²) in [5.74, 6) is 1.39. The van der Waals surface area contributed by atoms with Gasteiger partial charge >= 0.3 is 5.97 Å². The molecule has 0 aliphatic heterocycles. The Morgan fingerprint density at radius 1 is 1.17 bits per heavy atom. The summed E-state index contributed by atoms with van der Waals surface area (Å²) in [5, 5.41) is 4.70. The first-order valence-corrected chi connectivity index (χ1v) is 10.2. The molecule has 1 aromatic carbocycles. The van der Waals surface area contributed by atoms with Gasteiger partial charge in [-0.1, -0.05) is 17.8 Å². The Bertz CT molecular complexity index is 1130. The summed E-state index contributed by atoms with van der Waals surface area (Å²) < 4.78 is 16.8. The number of fused-ring (bicyclic) bond motifs is 2. The first-order chi connectivity index (χ1) is 14.5. The molecule has 1 aliphatic rings. The van der Waals surface area contributed by atoms with Gasteiger partial charge in [-0.2, -0.15) is 4.98 Å². The Kier molecular flexibility index (Phi) is 5.58. The SMILES string of the molecule is COC(=O)CSc1nc2nc3c(cn2n1)C(=O)C[C@@H](c1ccc(OC)c(OC)c1)C3. The number of hydrogen-bond donors (Lipinski definition) is 0. The summed E-state index contributed by atoms with van der Waals surface area (Å²) in [6, 6.07) is 5.69. The van der Waals surface area contributed by atoms with E-state index in [-0.39, 0.29) is 23.4 Å². The molecule has 0 spiro atoms. The molecule has 10 heteroatoms. The van der Waals surface area contributed by atoms with Gasteiger partial charge in [0.2, 0.25) is 5.16 Å². The Balaban J connectivity index is 1.62. The standard InChI is InChI=1S/C20H20N4O5S/c1-27-16-5-4-11(8-17(16)28-2)12-6-14-13(15(25)7-12)9-24-19(21-14)22-20(23-24)30-10-18(26)29-3/h4-5,8-9,12H,6-7,10H2,1-3H3/t12-/m0/s1. The van der Waals surface area contributed by atoms with E-state index in [0.29, 0.717) is 46.5 Å². The van der Waals surface area contributed by atoms with Crippen LogP contribution >= 0.6 is 11.8 Å². The molecule has 0 radical (unpaired) electrons. The number of Topliss-reactive ketones (excluding diaryl/α,β-unsaturated/α-hetero) is 1. The molecule has 2 aromatic heterocycles. The quantitative estimate of drug-likeness (QED) is 0.432. The molecule has 0 N–H and O–H groups in total. The van der Waals surface area contributed by atoms with Crippen LogP contribution in [0, 0.1) is 0 Å². The van der Waals surface area contributed by atoms with Crippen LogP contribution in [-0.2, 0) is 16.0 Å². The molecule has 0 fully saturated rings. The second-order valence-electron chi connectivity index (χ2n) is 6.75. The number of carbonyl (C=O) groups excluding carboxylic acids is 2. The third kappa shape index (κ3) is 3.82. The molecule has 156 valence electrons. The average Bonchev–Trinajstić information content (AvgIpc) is 3.17. The zero-order chi connectivity index (χ0) is 21.3. The lowest BCUT2D eigenvalue weighted by Gasteiger charge is -2.23. The average molecular weight is 428 g/mol. The Morgan fingerprint density at radius 3 is 2.70 bits per heavy atom. The molecule has 0 unspecified atom stereocenters. The minimum absolute atomic E-state index is 0.00435. The highest BCUT2D eigenvalue weighted by Gasteiger charge is 2.29. The van der Waals surface area contributed by atoms with Crippen LogP contribution in [0.3, 0.4) is 0 Å². The molecule has 1 aliphatic carbocycles. The van der Waals surface area contributed by atoms with Crippen molar-refractivity contribution in [2.75, 3.05) is 27.1 Å². The number of carbonyl (C=O) groups is 2. The molecule has 1 atom stereocenters. The largest absolute Gasteiger partial charge is 0.493 e. The van der Waals surface area contributed by atoms with Crippen molar-refractivity contribution in [3.8, 4) is 11.5 Å². The Hall–Kier alpha value is -3.14. The van der Waals surface area contributed by atoms with Crippen LogP contribution in [0.2, 0.25) is 0 Å². The van der Waals surface area contributed by atoms with Gasteiger partial charge in [0, 0.05) is 12.6 Å². The number of thioether (sulfide) groups is 1. The lowest BCUT2D eigenvalue weighted by atomic mass is 9.82. The molecule has 4 rings (SSSR count). The van der Waals surface area contributed by atoms with Gasteiger partial charge in [0.25, 0.3) is 5.78 Å². The summed E-state index contributed by atoms with van der Waals surface area (Å²) in [5.41, 5.74) is 2.23. The van der Waals surface area contributed by atoms with Gasteiger partial charge in [0.1, 0.15) is 0 Å². The van der Waals surface area contributed by atoms with E-state index in [2.05, 4.69) is 19.8 Å². The van der Waals surface area contributed by atoms with Crippen LogP contribution < -0.4 is 9.47 Å². The first-order valence-electron chi connectivity index (χ1n) is 9.23. The van der Waals surface area contributed by atoms with Gasteiger partial charge in [0.15, 0.2) is 17.3 Å². The van der Waals surface area contributed by atoms with Crippen molar-refractivity contribution in [3.63, 3.8) is 0 Å². The molecule has 0 bridgehead atoms. The van der Waals surface area contributed by atoms with Crippen molar-refractivity contribution in [2.24, 2.45) is 0 Å². The van der Waals surface area contributed by atoms with Crippen LogP contribution in [0.1, 0.15) is 34.0 Å². The van der Waals surface area contributed by atoms with Crippen molar-refractivity contribution in [1.29, 1.82) is 0 Å². The summed E-state index contributed by atoms with van der Waals surface area (Å²) in [6.45, 7) is 0. The van der Waals surface area contributed by atoms with E-state index in [0.717, 1.165) is 17.3 Å². The van der Waals surface area contributed by atoms with E-state index in [1.165, 1.54) is 11.6 Å². The molecule has 0 saturated heterocycles. The third-order valence-corrected chi connectivity index (χ3v) is 5.80. The van der Waals surface area contributed by atoms with Gasteiger partial charge in [-0.15, -0.1) is 5.10 Å². The fourth-order valence-electron chi connectivity index (χ4n) is 3.45. The number of esters is 1. The van der Waals surface area contributed by atoms with Crippen molar-refractivity contribution >= 4 is 29.3 Å². The maximum atomic E-state index is 12.8. The van der Waals surface area contributed by atoms with Crippen molar-refractivity contribution in [2.45, 2.75) is 23.9 Å². The Morgan fingerprint density at radius 2 is 1.97 bits per heavy atom. The molecule has 3 aromatic rings. The van der Waals surface area contributed by atoms with E-state index >= 15 is 0 Å². The summed E-state index contributed by atoms with van der Waals surface area (Å²) in [6.07, 6.45) is 2.64. The number of hydrogen-bond acceptors (Lipinski definition) is 9. The van der Waals surface area contributed by atoms with Gasteiger partial charge in [-0.3, -0.25) is 9.59 Å². The maximum Gasteiger partial charge on any atom is 0.316 e. The number of rotatable bonds is 6. The monoisotopic (exact) mass is 428 g/mol. The lowest BCUT2D eigenvalue weighted by Crippen LogP contribution is -2.21. The van der Waals surface area contributed by atoms with Gasteiger partial charge in [-0.25, -0.2) is 9.50 Å². The van der Waals surface area contributed by atoms with Crippen LogP contribution in [0.15, 0.2) is 29.6 Å². The number of ether oxygens (including phenoxy) is 3. The number of nitrogens with zero attached hydrogens (tertiary/aromatic N) is 4. The van der Waals surface area contributed by atoms with Gasteiger partial charge in [0.05, 0.1) is 38.3 Å². The van der Waals surface area contributed by atoms with Gasteiger partial charge in [-0.05, 0) is 30.0 Å². The van der Waals surface area contributed by atoms with Crippen LogP contribution in [0.25, 0.3) is 5.78 Å². The normalized spacial score (nSPS) is 15.7. The minimum atomic E-state index is -0.362. The van der Waals surface area contributed by atoms with E-state index in [1.54, 1.807) is 20.4 Å². The predicted molar refractivity (Wildman–Crippen MR) is 108 cm³/mol. The summed E-state index contributed by atoms with van der Waals surface area (Å²) in [4.78, 5) is 33.1. The van der Waals surface area contributed by atoms with Crippen LogP contribution in [-0.4, -0.2) is 58.4 Å².